The van der Waals surface area contributed by atoms with Gasteiger partial charge in [0, 0.05) is 87.6 Å². The predicted molar refractivity (Wildman–Crippen MR) is 436 cm³/mol. The van der Waals surface area contributed by atoms with Gasteiger partial charge in [-0.25, -0.2) is 4.98 Å². The van der Waals surface area contributed by atoms with Crippen LogP contribution in [0.4, 0.5) is 68.4 Å². The smallest absolute Gasteiger partial charge is 0.159 e. The van der Waals surface area contributed by atoms with E-state index in [-0.39, 0.29) is 12.3 Å². The van der Waals surface area contributed by atoms with Gasteiger partial charge < -0.3 is 56.9 Å². The first-order valence-corrected chi connectivity index (χ1v) is 35.5. The molecule has 5 atom stereocenters. The van der Waals surface area contributed by atoms with Crippen molar-refractivity contribution in [2.24, 2.45) is 0 Å². The molecule has 0 bridgehead atoms. The third kappa shape index (κ3) is 10.3. The molecule has 520 valence electrons. The van der Waals surface area contributed by atoms with Gasteiger partial charge in [-0.2, -0.15) is 0 Å². The fourth-order valence-corrected chi connectivity index (χ4v) is 16.4. The summed E-state index contributed by atoms with van der Waals surface area (Å²) in [6.07, 6.45) is 0.493. The molecule has 0 saturated carbocycles. The molecule has 11 aromatic carbocycles. The van der Waals surface area contributed by atoms with Gasteiger partial charge in [-0.1, -0.05) is 158 Å². The van der Waals surface area contributed by atoms with Gasteiger partial charge in [-0.3, -0.25) is 0 Å². The Morgan fingerprint density at radius 2 is 0.615 bits per heavy atom. The van der Waals surface area contributed by atoms with Crippen molar-refractivity contribution in [1.82, 2.24) is 4.98 Å². The van der Waals surface area contributed by atoms with Gasteiger partial charge >= 0.3 is 0 Å². The highest BCUT2D eigenvalue weighted by atomic mass is 16.3. The average molecular weight is 1380 g/mol. The zero-order valence-electron chi connectivity index (χ0n) is 71.0. The molecule has 0 N–H and O–H groups in total. The zero-order chi connectivity index (χ0) is 81.0. The number of nitrogens with zero attached hydrogens (tertiary/aromatic N) is 9. The number of hydrogen-bond acceptors (Lipinski definition) is 13. The third-order valence-corrected chi connectivity index (χ3v) is 21.1. The van der Waals surface area contributed by atoms with Gasteiger partial charge in [0.1, 0.15) is 47.0 Å². The zero-order valence-corrected chi connectivity index (χ0v) is 60.0. The number of anilines is 12. The summed E-state index contributed by atoms with van der Waals surface area (Å²) in [5.41, 5.74) is 20.6. The van der Waals surface area contributed by atoms with E-state index in [4.69, 9.17) is 32.7 Å². The molecule has 4 aliphatic rings. The van der Waals surface area contributed by atoms with E-state index < -0.39 is 45.2 Å². The Bertz CT molecular complexity index is 6040. The molecular formula is C91H87N9O4. The second-order valence-corrected chi connectivity index (χ2v) is 27.7. The standard InChI is InChI=1S/2C24H24N2O.C22H20N2O.C21H19N3O/c2*1-15(2)25-17(4)26(21-11-7-6-10-20(21)25)23-16(3)13-14-19-18-9-5-8-12-22(18)27-24(19)23;1-14-12-13-17-16-8-4-7-11-20(16)25-22(17)21(14)24-15(2)23(3)18-9-5-6-10-19(18)24;1-13-10-11-16-15-7-4-5-9-18(15)25-20(16)19(13)24-14(2)23(3)17-8-6-12-22-21(17)24/h2*5-15,17H,1-4H3;4-13,15H,1-3H3;4-12,14H,1-3H3/i1D3,15D;15D;2*3D3. The normalized spacial score (nSPS) is 19.4. The number of aryl methyl sites for hydroxylation is 4. The Kier molecular flexibility index (Phi) is 13.3. The molecule has 9 heterocycles. The summed E-state index contributed by atoms with van der Waals surface area (Å²) in [5, 5.41) is 8.47. The Morgan fingerprint density at radius 1 is 0.317 bits per heavy atom. The molecule has 13 heteroatoms. The topological polar surface area (TPSA) is 91.4 Å². The third-order valence-electron chi connectivity index (χ3n) is 21.1. The molecule has 4 aliphatic heterocycles. The second-order valence-electron chi connectivity index (χ2n) is 27.7. The van der Waals surface area contributed by atoms with Gasteiger partial charge in [0.2, 0.25) is 0 Å². The number of para-hydroxylation sites is 10. The molecule has 13 nitrogen and oxygen atoms in total. The van der Waals surface area contributed by atoms with Crippen LogP contribution >= 0.6 is 0 Å². The lowest BCUT2D eigenvalue weighted by molar-refractivity contribution is 0.603. The van der Waals surface area contributed by atoms with Crippen molar-refractivity contribution in [2.45, 2.75) is 120 Å². The Morgan fingerprint density at radius 3 is 0.990 bits per heavy atom. The number of furan rings is 4. The highest BCUT2D eigenvalue weighted by Gasteiger charge is 2.41. The van der Waals surface area contributed by atoms with Crippen LogP contribution in [-0.4, -0.2) is 55.6 Å². The lowest BCUT2D eigenvalue weighted by Crippen LogP contribution is -2.42. The fourth-order valence-electron chi connectivity index (χ4n) is 16.4. The fraction of sp³-hybridized carbons (Fsp3) is 0.220. The van der Waals surface area contributed by atoms with E-state index in [1.165, 1.54) is 16.7 Å². The summed E-state index contributed by atoms with van der Waals surface area (Å²) < 4.78 is 115. The maximum absolute atomic E-state index is 8.81. The molecule has 0 spiro atoms. The number of pyridine rings is 1. The SMILES string of the molecule is [2H]C(C)(C)N1c2ccccc2N(c2c(C)ccc3c2oc2ccccc23)C1C.[2H]C([2H])([2H])C([2H])(C)N1c2ccccc2N(c2c(C)ccc3c2oc2ccccc23)C1C.[2H]C([2H])([2H])N1c2ccccc2N(c2c(C)ccc3c2oc2ccccc23)C1C.[2H]C([2H])([2H])N1c2cccnc2N(c2c(C)ccc3c2oc2ccccc23)C1C. The van der Waals surface area contributed by atoms with E-state index in [1.807, 2.05) is 200 Å². The van der Waals surface area contributed by atoms with Crippen LogP contribution in [0.2, 0.25) is 0 Å². The summed E-state index contributed by atoms with van der Waals surface area (Å²) in [7, 11) is 0. The highest BCUT2D eigenvalue weighted by molar-refractivity contribution is 6.14. The van der Waals surface area contributed by atoms with Crippen molar-refractivity contribution in [1.29, 1.82) is 0 Å². The molecule has 0 saturated heterocycles. The summed E-state index contributed by atoms with van der Waals surface area (Å²) in [6, 6.07) is 73.5. The van der Waals surface area contributed by atoms with E-state index in [2.05, 4.69) is 117 Å². The van der Waals surface area contributed by atoms with Crippen LogP contribution in [-0.2, 0) is 0 Å². The van der Waals surface area contributed by atoms with Gasteiger partial charge in [0.05, 0.1) is 65.3 Å². The van der Waals surface area contributed by atoms with Crippen molar-refractivity contribution in [2.75, 3.05) is 53.2 Å². The maximum Gasteiger partial charge on any atom is 0.159 e. The average Bonchev–Trinajstić information content (AvgIpc) is 1.58. The Hall–Kier alpha value is -11.8. The van der Waals surface area contributed by atoms with Gasteiger partial charge in [0.15, 0.2) is 28.1 Å². The van der Waals surface area contributed by atoms with Gasteiger partial charge in [-0.15, -0.1) is 0 Å². The molecule has 5 unspecified atom stereocenters. The van der Waals surface area contributed by atoms with Crippen LogP contribution in [0.3, 0.4) is 0 Å². The van der Waals surface area contributed by atoms with Crippen LogP contribution in [0.1, 0.15) is 92.7 Å². The van der Waals surface area contributed by atoms with Crippen molar-refractivity contribution >= 4 is 156 Å². The van der Waals surface area contributed by atoms with E-state index in [0.29, 0.717) is 17.2 Å². The molecule has 0 amide bonds. The van der Waals surface area contributed by atoms with E-state index in [0.717, 1.165) is 161 Å². The van der Waals surface area contributed by atoms with E-state index in [9.17, 15) is 0 Å². The number of rotatable bonds is 6. The van der Waals surface area contributed by atoms with Crippen molar-refractivity contribution in [3.63, 3.8) is 0 Å². The van der Waals surface area contributed by atoms with Crippen molar-refractivity contribution in [3.8, 4) is 0 Å². The molecule has 104 heavy (non-hydrogen) atoms. The van der Waals surface area contributed by atoms with Crippen molar-refractivity contribution in [3.05, 3.63) is 259 Å². The summed E-state index contributed by atoms with van der Waals surface area (Å²) in [4.78, 5) is 19.8. The second kappa shape index (κ2) is 25.6. The van der Waals surface area contributed by atoms with Crippen LogP contribution in [0.25, 0.3) is 87.8 Å². The number of hydrogen-bond donors (Lipinski definition) is 0. The van der Waals surface area contributed by atoms with Gasteiger partial charge in [0.25, 0.3) is 0 Å². The van der Waals surface area contributed by atoms with Crippen LogP contribution in [0.15, 0.2) is 254 Å². The van der Waals surface area contributed by atoms with Crippen LogP contribution < -0.4 is 39.2 Å². The highest BCUT2D eigenvalue weighted by Crippen LogP contribution is 2.54. The van der Waals surface area contributed by atoms with Crippen molar-refractivity contribution < 1.29 is 32.7 Å². The Balaban J connectivity index is 0.000000111. The molecule has 0 radical (unpaired) electrons. The molecule has 0 aliphatic carbocycles. The lowest BCUT2D eigenvalue weighted by atomic mass is 10.1. The minimum atomic E-state index is -2.48. The first-order valence-electron chi connectivity index (χ1n) is 41.0. The first-order chi connectivity index (χ1) is 54.8. The quantitative estimate of drug-likeness (QED) is 0.158. The van der Waals surface area contributed by atoms with Gasteiger partial charge in [-0.05, 0) is 178 Å². The van der Waals surface area contributed by atoms with E-state index >= 15 is 0 Å². The maximum atomic E-state index is 8.81. The van der Waals surface area contributed by atoms with Crippen LogP contribution in [0.5, 0.6) is 0 Å². The molecule has 5 aromatic heterocycles. The van der Waals surface area contributed by atoms with E-state index in [1.54, 1.807) is 23.2 Å². The number of fused-ring (bicyclic) bond motifs is 16. The van der Waals surface area contributed by atoms with Crippen LogP contribution in [0, 0.1) is 27.7 Å². The largest absolute Gasteiger partial charge is 0.454 e. The number of aromatic nitrogens is 1. The summed E-state index contributed by atoms with van der Waals surface area (Å²) in [5.74, 6) is 0.627. The monoisotopic (exact) mass is 1380 g/mol. The molecular weight excluding hydrogens is 1280 g/mol. The summed E-state index contributed by atoms with van der Waals surface area (Å²) in [6.45, 7) is 14.5. The minimum absolute atomic E-state index is 0.00223. The lowest BCUT2D eigenvalue weighted by Gasteiger charge is -2.33. The predicted octanol–water partition coefficient (Wildman–Crippen LogP) is 24.3. The Labute approximate surface area is 623 Å². The number of benzene rings is 11. The molecule has 0 fully saturated rings. The molecule has 16 aromatic rings. The first kappa shape index (κ1) is 53.9. The minimum Gasteiger partial charge on any atom is -0.454 e. The molecule has 20 rings (SSSR count). The summed E-state index contributed by atoms with van der Waals surface area (Å²) >= 11 is 0.